The molecule has 1 unspecified atom stereocenters. The Kier molecular flexibility index (Phi) is 4.62. The van der Waals surface area contributed by atoms with Gasteiger partial charge in [-0.2, -0.15) is 0 Å². The van der Waals surface area contributed by atoms with Crippen LogP contribution in [0.1, 0.15) is 23.8 Å². The van der Waals surface area contributed by atoms with Gasteiger partial charge in [-0.3, -0.25) is 9.69 Å². The van der Waals surface area contributed by atoms with Gasteiger partial charge in [0.05, 0.1) is 17.6 Å². The summed E-state index contributed by atoms with van der Waals surface area (Å²) in [5.41, 5.74) is 3.42. The summed E-state index contributed by atoms with van der Waals surface area (Å²) in [6, 6.07) is 8.26. The number of benzene rings is 1. The monoisotopic (exact) mass is 392 g/mol. The Morgan fingerprint density at radius 3 is 2.72 bits per heavy atom. The number of rotatable bonds is 3. The van der Waals surface area contributed by atoms with E-state index in [1.165, 1.54) is 11.2 Å². The molecular formula is C22H28N6O. The Labute approximate surface area is 170 Å². The maximum absolute atomic E-state index is 13.1. The van der Waals surface area contributed by atoms with Crippen LogP contribution in [0.15, 0.2) is 30.5 Å². The molecule has 0 N–H and O–H groups in total. The van der Waals surface area contributed by atoms with E-state index in [-0.39, 0.29) is 5.92 Å². The third-order valence-electron chi connectivity index (χ3n) is 6.57. The molecule has 0 spiro atoms. The number of hydrogen-bond acceptors (Lipinski definition) is 4. The normalized spacial score (nSPS) is 20.2. The van der Waals surface area contributed by atoms with E-state index in [2.05, 4.69) is 49.2 Å². The number of carbonyl (C=O) groups excluding carboxylic acids is 1. The number of carbonyl (C=O) groups is 1. The van der Waals surface area contributed by atoms with Gasteiger partial charge in [0.2, 0.25) is 5.91 Å². The predicted molar refractivity (Wildman–Crippen MR) is 111 cm³/mol. The average Bonchev–Trinajstić information content (AvgIpc) is 3.28. The maximum atomic E-state index is 13.1. The highest BCUT2D eigenvalue weighted by Gasteiger charge is 2.31. The summed E-state index contributed by atoms with van der Waals surface area (Å²) in [4.78, 5) is 26.7. The molecule has 0 aliphatic carbocycles. The van der Waals surface area contributed by atoms with E-state index in [0.29, 0.717) is 5.91 Å². The molecule has 5 rings (SSSR count). The first-order chi connectivity index (χ1) is 14.1. The molecule has 0 saturated carbocycles. The fourth-order valence-electron chi connectivity index (χ4n) is 4.76. The zero-order valence-electron chi connectivity index (χ0n) is 17.2. The summed E-state index contributed by atoms with van der Waals surface area (Å²) in [5.74, 6) is 2.56. The highest BCUT2D eigenvalue weighted by Crippen LogP contribution is 2.24. The van der Waals surface area contributed by atoms with E-state index in [0.717, 1.165) is 69.3 Å². The van der Waals surface area contributed by atoms with E-state index >= 15 is 0 Å². The lowest BCUT2D eigenvalue weighted by molar-refractivity contribution is -0.138. The van der Waals surface area contributed by atoms with Crippen LogP contribution in [-0.2, 0) is 31.4 Å². The molecule has 2 aliphatic heterocycles. The zero-order valence-corrected chi connectivity index (χ0v) is 17.2. The molecule has 1 atom stereocenters. The number of hydrogen-bond donors (Lipinski definition) is 0. The van der Waals surface area contributed by atoms with Crippen molar-refractivity contribution in [2.75, 3.05) is 26.2 Å². The van der Waals surface area contributed by atoms with E-state index in [1.54, 1.807) is 0 Å². The molecule has 1 saturated heterocycles. The summed E-state index contributed by atoms with van der Waals surface area (Å²) in [6.45, 7) is 7.18. The number of amides is 1. The van der Waals surface area contributed by atoms with E-state index < -0.39 is 0 Å². The van der Waals surface area contributed by atoms with Crippen molar-refractivity contribution >= 4 is 16.9 Å². The first-order valence-corrected chi connectivity index (χ1v) is 10.5. The molecule has 7 heteroatoms. The van der Waals surface area contributed by atoms with Crippen molar-refractivity contribution in [2.45, 2.75) is 32.9 Å². The quantitative estimate of drug-likeness (QED) is 0.684. The Bertz CT molecular complexity index is 1040. The van der Waals surface area contributed by atoms with E-state index in [1.807, 2.05) is 19.2 Å². The van der Waals surface area contributed by atoms with Gasteiger partial charge in [0.15, 0.2) is 0 Å². The van der Waals surface area contributed by atoms with Gasteiger partial charge in [0.25, 0.3) is 0 Å². The average molecular weight is 393 g/mol. The minimum atomic E-state index is 0.102. The minimum Gasteiger partial charge on any atom is -0.340 e. The number of piperazine rings is 1. The van der Waals surface area contributed by atoms with Gasteiger partial charge in [-0.15, -0.1) is 0 Å². The van der Waals surface area contributed by atoms with E-state index in [9.17, 15) is 4.79 Å². The van der Waals surface area contributed by atoms with Crippen LogP contribution in [0.4, 0.5) is 0 Å². The van der Waals surface area contributed by atoms with Crippen LogP contribution >= 0.6 is 0 Å². The number of nitrogens with zero attached hydrogens (tertiary/aromatic N) is 6. The second-order valence-corrected chi connectivity index (χ2v) is 8.32. The largest absolute Gasteiger partial charge is 0.340 e. The van der Waals surface area contributed by atoms with Crippen LogP contribution in [0.25, 0.3) is 11.0 Å². The highest BCUT2D eigenvalue weighted by molar-refractivity contribution is 5.79. The number of imidazole rings is 2. The fourth-order valence-corrected chi connectivity index (χ4v) is 4.76. The first-order valence-electron chi connectivity index (χ1n) is 10.5. The van der Waals surface area contributed by atoms with Gasteiger partial charge in [-0.25, -0.2) is 9.97 Å². The van der Waals surface area contributed by atoms with Crippen molar-refractivity contribution in [3.05, 3.63) is 47.8 Å². The van der Waals surface area contributed by atoms with Crippen molar-refractivity contribution in [3.8, 4) is 0 Å². The molecule has 4 heterocycles. The Morgan fingerprint density at radius 1 is 1.14 bits per heavy atom. The molecule has 29 heavy (non-hydrogen) atoms. The van der Waals surface area contributed by atoms with Gasteiger partial charge in [-0.05, 0) is 25.5 Å². The zero-order chi connectivity index (χ0) is 20.0. The molecule has 1 fully saturated rings. The Morgan fingerprint density at radius 2 is 1.93 bits per heavy atom. The molecule has 1 amide bonds. The lowest BCUT2D eigenvalue weighted by Gasteiger charge is -2.37. The third kappa shape index (κ3) is 3.33. The molecule has 2 aromatic heterocycles. The molecule has 0 bridgehead atoms. The van der Waals surface area contributed by atoms with Gasteiger partial charge in [-0.1, -0.05) is 12.1 Å². The predicted octanol–water partition coefficient (Wildman–Crippen LogP) is 1.99. The second-order valence-electron chi connectivity index (χ2n) is 8.32. The van der Waals surface area contributed by atoms with E-state index in [4.69, 9.17) is 4.98 Å². The standard InChI is InChI=1S/C22H28N6O/c1-16-23-14-18-13-17(7-8-28(16)18)22(29)27-11-9-26(10-12-27)15-21-24-19-5-3-4-6-20(19)25(21)2/h3-6,14,17H,7-13,15H2,1-2H3. The lowest BCUT2D eigenvalue weighted by Crippen LogP contribution is -2.50. The maximum Gasteiger partial charge on any atom is 0.226 e. The number of aromatic nitrogens is 4. The molecule has 1 aromatic carbocycles. The van der Waals surface area contributed by atoms with Crippen LogP contribution in [0.2, 0.25) is 0 Å². The fraction of sp³-hybridized carbons (Fsp3) is 0.500. The summed E-state index contributed by atoms with van der Waals surface area (Å²) < 4.78 is 4.43. The van der Waals surface area contributed by atoms with Crippen molar-refractivity contribution < 1.29 is 4.79 Å². The van der Waals surface area contributed by atoms with Gasteiger partial charge >= 0.3 is 0 Å². The third-order valence-corrected chi connectivity index (χ3v) is 6.57. The number of fused-ring (bicyclic) bond motifs is 2. The van der Waals surface area contributed by atoms with Crippen molar-refractivity contribution in [2.24, 2.45) is 13.0 Å². The summed E-state index contributed by atoms with van der Waals surface area (Å²) in [5, 5.41) is 0. The van der Waals surface area contributed by atoms with Gasteiger partial charge in [0, 0.05) is 64.0 Å². The topological polar surface area (TPSA) is 59.2 Å². The molecular weight excluding hydrogens is 364 g/mol. The summed E-state index contributed by atoms with van der Waals surface area (Å²) in [6.07, 6.45) is 3.67. The highest BCUT2D eigenvalue weighted by atomic mass is 16.2. The smallest absolute Gasteiger partial charge is 0.226 e. The van der Waals surface area contributed by atoms with Gasteiger partial charge in [0.1, 0.15) is 11.6 Å². The molecule has 2 aliphatic rings. The van der Waals surface area contributed by atoms with Crippen LogP contribution in [-0.4, -0.2) is 61.0 Å². The minimum absolute atomic E-state index is 0.102. The summed E-state index contributed by atoms with van der Waals surface area (Å²) >= 11 is 0. The lowest BCUT2D eigenvalue weighted by atomic mass is 9.94. The summed E-state index contributed by atoms with van der Waals surface area (Å²) in [7, 11) is 2.08. The van der Waals surface area contributed by atoms with Crippen molar-refractivity contribution in [1.29, 1.82) is 0 Å². The Balaban J connectivity index is 1.19. The Hall–Kier alpha value is -2.67. The first kappa shape index (κ1) is 18.4. The molecule has 7 nitrogen and oxygen atoms in total. The number of aryl methyl sites for hydroxylation is 2. The van der Waals surface area contributed by atoms with Crippen LogP contribution in [0.3, 0.4) is 0 Å². The molecule has 152 valence electrons. The second kappa shape index (κ2) is 7.30. The van der Waals surface area contributed by atoms with Gasteiger partial charge < -0.3 is 14.0 Å². The van der Waals surface area contributed by atoms with Crippen LogP contribution in [0.5, 0.6) is 0 Å². The SMILES string of the molecule is Cc1ncc2n1CCC(C(=O)N1CCN(Cc3nc4ccccc4n3C)CC1)C2. The van der Waals surface area contributed by atoms with Crippen LogP contribution < -0.4 is 0 Å². The number of para-hydroxylation sites is 2. The van der Waals surface area contributed by atoms with Crippen molar-refractivity contribution in [3.63, 3.8) is 0 Å². The van der Waals surface area contributed by atoms with Crippen LogP contribution in [0, 0.1) is 12.8 Å². The molecule has 0 radical (unpaired) electrons. The van der Waals surface area contributed by atoms with Crippen molar-refractivity contribution in [1.82, 2.24) is 28.9 Å². The molecule has 3 aromatic rings.